The summed E-state index contributed by atoms with van der Waals surface area (Å²) in [5.74, 6) is 0.787. The SMILES string of the molecule is COc1ccc(OC)c(C(=O)c2cc(Cl)sc2Cl)c1. The summed E-state index contributed by atoms with van der Waals surface area (Å²) in [7, 11) is 3.03. The fraction of sp³-hybridized carbons (Fsp3) is 0.154. The van der Waals surface area contributed by atoms with Gasteiger partial charge in [-0.15, -0.1) is 11.3 Å². The first-order chi connectivity index (χ1) is 9.06. The van der Waals surface area contributed by atoms with Gasteiger partial charge < -0.3 is 9.47 Å². The molecule has 1 heterocycles. The van der Waals surface area contributed by atoms with E-state index in [2.05, 4.69) is 0 Å². The summed E-state index contributed by atoms with van der Waals surface area (Å²) in [6.45, 7) is 0. The zero-order valence-corrected chi connectivity index (χ0v) is 12.5. The molecule has 0 unspecified atom stereocenters. The average Bonchev–Trinajstić information content (AvgIpc) is 2.76. The molecule has 0 bridgehead atoms. The van der Waals surface area contributed by atoms with Gasteiger partial charge in [-0.05, 0) is 24.3 Å². The van der Waals surface area contributed by atoms with E-state index in [1.807, 2.05) is 0 Å². The summed E-state index contributed by atoms with van der Waals surface area (Å²) in [4.78, 5) is 12.5. The van der Waals surface area contributed by atoms with Crippen LogP contribution in [0, 0.1) is 0 Å². The molecule has 0 N–H and O–H groups in total. The quantitative estimate of drug-likeness (QED) is 0.789. The lowest BCUT2D eigenvalue weighted by molar-refractivity contribution is 0.103. The van der Waals surface area contributed by atoms with E-state index in [0.29, 0.717) is 31.3 Å². The predicted molar refractivity (Wildman–Crippen MR) is 77.3 cm³/mol. The number of benzene rings is 1. The highest BCUT2D eigenvalue weighted by atomic mass is 35.5. The Morgan fingerprint density at radius 2 is 1.84 bits per heavy atom. The Morgan fingerprint density at radius 1 is 1.11 bits per heavy atom. The molecule has 19 heavy (non-hydrogen) atoms. The van der Waals surface area contributed by atoms with Crippen molar-refractivity contribution < 1.29 is 14.3 Å². The van der Waals surface area contributed by atoms with Gasteiger partial charge in [0, 0.05) is 0 Å². The Kier molecular flexibility index (Phi) is 4.34. The van der Waals surface area contributed by atoms with Crippen LogP contribution in [0.4, 0.5) is 0 Å². The number of carbonyl (C=O) groups excluding carboxylic acids is 1. The van der Waals surface area contributed by atoms with Crippen molar-refractivity contribution in [3.63, 3.8) is 0 Å². The lowest BCUT2D eigenvalue weighted by atomic mass is 10.0. The van der Waals surface area contributed by atoms with Gasteiger partial charge >= 0.3 is 0 Å². The maximum absolute atomic E-state index is 12.5. The molecule has 1 aromatic carbocycles. The predicted octanol–water partition coefficient (Wildman–Crippen LogP) is 4.30. The number of rotatable bonds is 4. The normalized spacial score (nSPS) is 10.3. The third-order valence-electron chi connectivity index (χ3n) is 2.55. The summed E-state index contributed by atoms with van der Waals surface area (Å²) >= 11 is 13.0. The number of halogens is 2. The zero-order valence-electron chi connectivity index (χ0n) is 10.2. The smallest absolute Gasteiger partial charge is 0.199 e. The van der Waals surface area contributed by atoms with Crippen molar-refractivity contribution in [3.05, 3.63) is 44.1 Å². The zero-order chi connectivity index (χ0) is 14.0. The Balaban J connectivity index is 2.51. The monoisotopic (exact) mass is 316 g/mol. The lowest BCUT2D eigenvalue weighted by Gasteiger charge is -2.09. The van der Waals surface area contributed by atoms with Crippen LogP contribution >= 0.6 is 34.5 Å². The topological polar surface area (TPSA) is 35.5 Å². The molecule has 6 heteroatoms. The third-order valence-corrected chi connectivity index (χ3v) is 4.04. The minimum absolute atomic E-state index is 0.246. The maximum atomic E-state index is 12.5. The molecule has 0 spiro atoms. The fourth-order valence-corrected chi connectivity index (χ4v) is 3.09. The first kappa shape index (κ1) is 14.2. The maximum Gasteiger partial charge on any atom is 0.199 e. The van der Waals surface area contributed by atoms with E-state index in [9.17, 15) is 4.79 Å². The highest BCUT2D eigenvalue weighted by molar-refractivity contribution is 7.20. The fourth-order valence-electron chi connectivity index (χ4n) is 1.63. The Hall–Kier alpha value is -1.23. The first-order valence-electron chi connectivity index (χ1n) is 5.28. The standard InChI is InChI=1S/C13H10Cl2O3S/c1-17-7-3-4-10(18-2)8(5-7)12(16)9-6-11(14)19-13(9)15/h3-6H,1-2H3. The number of hydrogen-bond acceptors (Lipinski definition) is 4. The van der Waals surface area contributed by atoms with Gasteiger partial charge in [-0.2, -0.15) is 0 Å². The van der Waals surface area contributed by atoms with Gasteiger partial charge in [-0.3, -0.25) is 4.79 Å². The molecule has 100 valence electrons. The van der Waals surface area contributed by atoms with Gasteiger partial charge in [-0.1, -0.05) is 23.2 Å². The van der Waals surface area contributed by atoms with Gasteiger partial charge in [0.1, 0.15) is 15.8 Å². The largest absolute Gasteiger partial charge is 0.497 e. The van der Waals surface area contributed by atoms with E-state index in [1.54, 1.807) is 24.3 Å². The minimum atomic E-state index is -0.246. The van der Waals surface area contributed by atoms with Crippen molar-refractivity contribution in [1.29, 1.82) is 0 Å². The number of hydrogen-bond donors (Lipinski definition) is 0. The molecule has 0 amide bonds. The van der Waals surface area contributed by atoms with Crippen molar-refractivity contribution in [1.82, 2.24) is 0 Å². The van der Waals surface area contributed by atoms with Crippen LogP contribution in [0.25, 0.3) is 0 Å². The second kappa shape index (κ2) is 5.82. The highest BCUT2D eigenvalue weighted by Crippen LogP contribution is 2.35. The molecular formula is C13H10Cl2O3S. The number of thiophene rings is 1. The number of carbonyl (C=O) groups is 1. The van der Waals surface area contributed by atoms with Gasteiger partial charge in [0.2, 0.25) is 0 Å². The minimum Gasteiger partial charge on any atom is -0.497 e. The molecule has 2 rings (SSSR count). The van der Waals surface area contributed by atoms with Gasteiger partial charge in [0.05, 0.1) is 29.7 Å². The molecule has 3 nitrogen and oxygen atoms in total. The number of methoxy groups -OCH3 is 2. The van der Waals surface area contributed by atoms with E-state index >= 15 is 0 Å². The third kappa shape index (κ3) is 2.86. The van der Waals surface area contributed by atoms with Crippen molar-refractivity contribution in [2.24, 2.45) is 0 Å². The van der Waals surface area contributed by atoms with Crippen molar-refractivity contribution in [2.45, 2.75) is 0 Å². The molecule has 2 aromatic rings. The van der Waals surface area contributed by atoms with Crippen LogP contribution in [0.5, 0.6) is 11.5 Å². The highest BCUT2D eigenvalue weighted by Gasteiger charge is 2.20. The van der Waals surface area contributed by atoms with Crippen LogP contribution in [-0.4, -0.2) is 20.0 Å². The average molecular weight is 317 g/mol. The van der Waals surface area contributed by atoms with Gasteiger partial charge in [-0.25, -0.2) is 0 Å². The summed E-state index contributed by atoms with van der Waals surface area (Å²) in [5.41, 5.74) is 0.751. The van der Waals surface area contributed by atoms with Crippen LogP contribution in [0.15, 0.2) is 24.3 Å². The molecule has 0 aliphatic rings. The Labute approximate surface area is 124 Å². The second-order valence-electron chi connectivity index (χ2n) is 3.63. The molecule has 0 saturated heterocycles. The summed E-state index contributed by atoms with van der Waals surface area (Å²) in [5, 5.41) is 0. The molecule has 0 radical (unpaired) electrons. The number of ether oxygens (including phenoxy) is 2. The van der Waals surface area contributed by atoms with E-state index in [4.69, 9.17) is 32.7 Å². The van der Waals surface area contributed by atoms with Crippen LogP contribution in [0.2, 0.25) is 8.67 Å². The van der Waals surface area contributed by atoms with Crippen LogP contribution in [0.3, 0.4) is 0 Å². The van der Waals surface area contributed by atoms with Crippen LogP contribution < -0.4 is 9.47 Å². The summed E-state index contributed by atoms with van der Waals surface area (Å²) in [6, 6.07) is 6.56. The van der Waals surface area contributed by atoms with Gasteiger partial charge in [0.15, 0.2) is 5.78 Å². The van der Waals surface area contributed by atoms with Crippen LogP contribution in [0.1, 0.15) is 15.9 Å². The molecule has 0 aliphatic carbocycles. The van der Waals surface area contributed by atoms with Crippen molar-refractivity contribution in [2.75, 3.05) is 14.2 Å². The molecule has 0 saturated carbocycles. The number of ketones is 1. The second-order valence-corrected chi connectivity index (χ2v) is 5.92. The van der Waals surface area contributed by atoms with Crippen molar-refractivity contribution in [3.8, 4) is 11.5 Å². The first-order valence-corrected chi connectivity index (χ1v) is 6.85. The van der Waals surface area contributed by atoms with E-state index in [0.717, 1.165) is 11.3 Å². The lowest BCUT2D eigenvalue weighted by Crippen LogP contribution is -2.04. The molecule has 0 fully saturated rings. The van der Waals surface area contributed by atoms with Gasteiger partial charge in [0.25, 0.3) is 0 Å². The van der Waals surface area contributed by atoms with Crippen LogP contribution in [-0.2, 0) is 0 Å². The van der Waals surface area contributed by atoms with E-state index in [1.165, 1.54) is 14.2 Å². The Morgan fingerprint density at radius 3 is 2.37 bits per heavy atom. The molecular weight excluding hydrogens is 307 g/mol. The van der Waals surface area contributed by atoms with E-state index in [-0.39, 0.29) is 5.78 Å². The molecule has 0 atom stereocenters. The summed E-state index contributed by atoms with van der Waals surface area (Å²) < 4.78 is 11.1. The van der Waals surface area contributed by atoms with E-state index < -0.39 is 0 Å². The summed E-state index contributed by atoms with van der Waals surface area (Å²) in [6.07, 6.45) is 0. The van der Waals surface area contributed by atoms with Crippen molar-refractivity contribution >= 4 is 40.3 Å². The molecule has 0 aliphatic heterocycles. The Bertz CT molecular complexity index is 622. The molecule has 1 aromatic heterocycles.